The molecule has 1 fully saturated rings. The number of allylic oxidation sites excluding steroid dienone is 2. The van der Waals surface area contributed by atoms with Gasteiger partial charge in [0.15, 0.2) is 0 Å². The van der Waals surface area contributed by atoms with Crippen LogP contribution >= 0.6 is 0 Å². The zero-order valence-corrected chi connectivity index (χ0v) is 9.22. The normalized spacial score (nSPS) is 34.7. The van der Waals surface area contributed by atoms with Gasteiger partial charge >= 0.3 is 0 Å². The molecular formula is C12H19NO2. The molecule has 84 valence electrons. The van der Waals surface area contributed by atoms with Crippen molar-refractivity contribution in [3.05, 3.63) is 12.2 Å². The number of aliphatic hydroxyl groups excluding tert-OH is 1. The van der Waals surface area contributed by atoms with Crippen molar-refractivity contribution in [1.29, 1.82) is 0 Å². The summed E-state index contributed by atoms with van der Waals surface area (Å²) in [6.45, 7) is 2.02. The van der Waals surface area contributed by atoms with E-state index in [1.54, 1.807) is 4.90 Å². The van der Waals surface area contributed by atoms with Gasteiger partial charge in [-0.25, -0.2) is 0 Å². The number of carbonyl (C=O) groups excluding carboxylic acids is 1. The van der Waals surface area contributed by atoms with E-state index in [0.717, 1.165) is 25.7 Å². The third-order valence-corrected chi connectivity index (χ3v) is 3.71. The Hall–Kier alpha value is -0.830. The van der Waals surface area contributed by atoms with Crippen molar-refractivity contribution < 1.29 is 9.90 Å². The van der Waals surface area contributed by atoms with E-state index in [1.807, 2.05) is 0 Å². The third kappa shape index (κ3) is 1.69. The molecule has 2 rings (SSSR count). The van der Waals surface area contributed by atoms with E-state index in [2.05, 4.69) is 19.1 Å². The number of hydrogen-bond acceptors (Lipinski definition) is 2. The smallest absolute Gasteiger partial charge is 0.228 e. The van der Waals surface area contributed by atoms with Crippen molar-refractivity contribution in [3.8, 4) is 0 Å². The first kappa shape index (κ1) is 10.7. The maximum atomic E-state index is 12.0. The van der Waals surface area contributed by atoms with Crippen LogP contribution in [0.2, 0.25) is 0 Å². The summed E-state index contributed by atoms with van der Waals surface area (Å²) in [7, 11) is 0. The van der Waals surface area contributed by atoms with Crippen molar-refractivity contribution in [3.63, 3.8) is 0 Å². The number of amides is 1. The molecule has 0 bridgehead atoms. The molecule has 15 heavy (non-hydrogen) atoms. The minimum absolute atomic E-state index is 0.115. The molecule has 0 unspecified atom stereocenters. The highest BCUT2D eigenvalue weighted by Crippen LogP contribution is 2.40. The molecule has 0 radical (unpaired) electrons. The Balaban J connectivity index is 2.19. The average molecular weight is 209 g/mol. The van der Waals surface area contributed by atoms with Gasteiger partial charge in [-0.2, -0.15) is 0 Å². The molecule has 1 amide bonds. The van der Waals surface area contributed by atoms with Crippen LogP contribution in [0.5, 0.6) is 0 Å². The Morgan fingerprint density at radius 3 is 2.87 bits per heavy atom. The topological polar surface area (TPSA) is 40.5 Å². The number of carbonyl (C=O) groups is 1. The molecule has 0 spiro atoms. The predicted octanol–water partition coefficient (Wildman–Crippen LogP) is 1.53. The standard InChI is InChI=1S/C12H19NO2/c1-2-5-11-9-6-3-4-7-10(9)12(15)13(11)8-14/h3-4,9-11,14H,2,5-8H2,1H3/t9-,10+,11+/m1/s1. The summed E-state index contributed by atoms with van der Waals surface area (Å²) in [6, 6.07) is 0.266. The average Bonchev–Trinajstić information content (AvgIpc) is 2.54. The van der Waals surface area contributed by atoms with Crippen LogP contribution in [-0.4, -0.2) is 28.7 Å². The molecule has 3 heteroatoms. The summed E-state index contributed by atoms with van der Waals surface area (Å²) in [5, 5.41) is 9.27. The van der Waals surface area contributed by atoms with E-state index in [4.69, 9.17) is 0 Å². The summed E-state index contributed by atoms with van der Waals surface area (Å²) in [5.74, 6) is 0.735. The molecule has 1 aliphatic carbocycles. The molecule has 0 aromatic carbocycles. The van der Waals surface area contributed by atoms with Crippen LogP contribution in [-0.2, 0) is 4.79 Å². The molecule has 3 nitrogen and oxygen atoms in total. The van der Waals surface area contributed by atoms with E-state index >= 15 is 0 Å². The fourth-order valence-electron chi connectivity index (χ4n) is 2.99. The lowest BCUT2D eigenvalue weighted by Crippen LogP contribution is -2.35. The van der Waals surface area contributed by atoms with Crippen molar-refractivity contribution >= 4 is 5.91 Å². The van der Waals surface area contributed by atoms with E-state index in [9.17, 15) is 9.90 Å². The summed E-state index contributed by atoms with van der Waals surface area (Å²) in [4.78, 5) is 13.7. The maximum absolute atomic E-state index is 12.0. The second-order valence-electron chi connectivity index (χ2n) is 4.52. The SMILES string of the molecule is CCC[C@H]1[C@@H]2CC=CC[C@@H]2C(=O)N1CO. The number of aliphatic hydroxyl groups is 1. The number of rotatable bonds is 3. The van der Waals surface area contributed by atoms with Crippen LogP contribution in [0.3, 0.4) is 0 Å². The van der Waals surface area contributed by atoms with Gasteiger partial charge in [0.1, 0.15) is 6.73 Å². The van der Waals surface area contributed by atoms with Gasteiger partial charge in [-0.15, -0.1) is 0 Å². The highest BCUT2D eigenvalue weighted by molar-refractivity contribution is 5.82. The lowest BCUT2D eigenvalue weighted by Gasteiger charge is -2.26. The van der Waals surface area contributed by atoms with E-state index in [-0.39, 0.29) is 24.6 Å². The van der Waals surface area contributed by atoms with Crippen molar-refractivity contribution in [2.45, 2.75) is 38.6 Å². The first-order chi connectivity index (χ1) is 7.29. The first-order valence-electron chi connectivity index (χ1n) is 5.86. The van der Waals surface area contributed by atoms with E-state index in [0.29, 0.717) is 5.92 Å². The van der Waals surface area contributed by atoms with Crippen molar-refractivity contribution in [2.75, 3.05) is 6.73 Å². The number of fused-ring (bicyclic) bond motifs is 1. The van der Waals surface area contributed by atoms with Gasteiger partial charge in [0, 0.05) is 12.0 Å². The largest absolute Gasteiger partial charge is 0.376 e. The van der Waals surface area contributed by atoms with Crippen LogP contribution in [0.15, 0.2) is 12.2 Å². The highest BCUT2D eigenvalue weighted by Gasteiger charge is 2.46. The van der Waals surface area contributed by atoms with E-state index < -0.39 is 0 Å². The van der Waals surface area contributed by atoms with Crippen LogP contribution in [0.1, 0.15) is 32.6 Å². The quantitative estimate of drug-likeness (QED) is 0.716. The molecule has 0 aromatic rings. The predicted molar refractivity (Wildman–Crippen MR) is 58.0 cm³/mol. The second kappa shape index (κ2) is 4.35. The highest BCUT2D eigenvalue weighted by atomic mass is 16.3. The van der Waals surface area contributed by atoms with Crippen molar-refractivity contribution in [1.82, 2.24) is 4.90 Å². The fourth-order valence-corrected chi connectivity index (χ4v) is 2.99. The maximum Gasteiger partial charge on any atom is 0.228 e. The molecule has 1 aliphatic heterocycles. The zero-order chi connectivity index (χ0) is 10.8. The van der Waals surface area contributed by atoms with Crippen LogP contribution in [0, 0.1) is 11.8 Å². The lowest BCUT2D eigenvalue weighted by atomic mass is 9.80. The second-order valence-corrected chi connectivity index (χ2v) is 4.52. The molecule has 3 atom stereocenters. The summed E-state index contributed by atoms with van der Waals surface area (Å²) >= 11 is 0. The molecule has 0 aromatic heterocycles. The number of nitrogens with zero attached hydrogens (tertiary/aromatic N) is 1. The Morgan fingerprint density at radius 2 is 2.20 bits per heavy atom. The number of likely N-dealkylation sites (tertiary alicyclic amines) is 1. The Morgan fingerprint density at radius 1 is 1.47 bits per heavy atom. The molecule has 0 saturated carbocycles. The molecule has 1 heterocycles. The van der Waals surface area contributed by atoms with Crippen LogP contribution in [0.4, 0.5) is 0 Å². The van der Waals surface area contributed by atoms with Gasteiger partial charge in [0.2, 0.25) is 5.91 Å². The van der Waals surface area contributed by atoms with Gasteiger partial charge in [-0.05, 0) is 25.2 Å². The number of hydrogen-bond donors (Lipinski definition) is 1. The zero-order valence-electron chi connectivity index (χ0n) is 9.22. The van der Waals surface area contributed by atoms with Gasteiger partial charge in [0.05, 0.1) is 0 Å². The molecule has 2 aliphatic rings. The van der Waals surface area contributed by atoms with Gasteiger partial charge in [-0.3, -0.25) is 4.79 Å². The van der Waals surface area contributed by atoms with Gasteiger partial charge < -0.3 is 10.0 Å². The first-order valence-corrected chi connectivity index (χ1v) is 5.86. The molecule has 1 N–H and O–H groups in total. The van der Waals surface area contributed by atoms with E-state index in [1.165, 1.54) is 0 Å². The minimum atomic E-state index is -0.115. The Bertz CT molecular complexity index is 275. The summed E-state index contributed by atoms with van der Waals surface area (Å²) in [6.07, 6.45) is 8.22. The monoisotopic (exact) mass is 209 g/mol. The van der Waals surface area contributed by atoms with Gasteiger partial charge in [0.25, 0.3) is 0 Å². The third-order valence-electron chi connectivity index (χ3n) is 3.71. The molecular weight excluding hydrogens is 190 g/mol. The van der Waals surface area contributed by atoms with Crippen LogP contribution in [0.25, 0.3) is 0 Å². The fraction of sp³-hybridized carbons (Fsp3) is 0.750. The van der Waals surface area contributed by atoms with Gasteiger partial charge in [-0.1, -0.05) is 25.5 Å². The lowest BCUT2D eigenvalue weighted by molar-refractivity contribution is -0.135. The Labute approximate surface area is 90.8 Å². The minimum Gasteiger partial charge on any atom is -0.376 e. The van der Waals surface area contributed by atoms with Crippen LogP contribution < -0.4 is 0 Å². The summed E-state index contributed by atoms with van der Waals surface area (Å²) < 4.78 is 0. The molecule has 1 saturated heterocycles. The summed E-state index contributed by atoms with van der Waals surface area (Å²) in [5.41, 5.74) is 0. The van der Waals surface area contributed by atoms with Crippen molar-refractivity contribution in [2.24, 2.45) is 11.8 Å². The Kier molecular flexibility index (Phi) is 3.10.